The number of ether oxygens (including phenoxy) is 2. The van der Waals surface area contributed by atoms with Crippen molar-refractivity contribution in [1.82, 2.24) is 5.32 Å². The second kappa shape index (κ2) is 8.70. The second-order valence-corrected chi connectivity index (χ2v) is 5.84. The molecule has 3 nitrogen and oxygen atoms in total. The van der Waals surface area contributed by atoms with Gasteiger partial charge >= 0.3 is 0 Å². The summed E-state index contributed by atoms with van der Waals surface area (Å²) >= 11 is 1.78. The Balaban J connectivity index is 1.66. The second-order valence-electron chi connectivity index (χ2n) is 4.86. The zero-order valence-electron chi connectivity index (χ0n) is 12.7. The molecule has 0 saturated carbocycles. The van der Waals surface area contributed by atoms with Gasteiger partial charge in [-0.1, -0.05) is 13.0 Å². The summed E-state index contributed by atoms with van der Waals surface area (Å²) in [5.41, 5.74) is 0. The number of nitrogens with one attached hydrogen (secondary N) is 1. The fourth-order valence-electron chi connectivity index (χ4n) is 1.93. The van der Waals surface area contributed by atoms with E-state index in [2.05, 4.69) is 36.7 Å². The minimum absolute atomic E-state index is 0.374. The number of rotatable bonds is 9. The van der Waals surface area contributed by atoms with Crippen LogP contribution in [0.2, 0.25) is 0 Å². The van der Waals surface area contributed by atoms with Crippen LogP contribution in [0.15, 0.2) is 41.8 Å². The van der Waals surface area contributed by atoms with E-state index in [9.17, 15) is 0 Å². The Morgan fingerprint density at radius 2 is 1.71 bits per heavy atom. The van der Waals surface area contributed by atoms with Crippen LogP contribution in [0.5, 0.6) is 11.5 Å². The molecule has 1 atom stereocenters. The van der Waals surface area contributed by atoms with Gasteiger partial charge in [0.15, 0.2) is 0 Å². The van der Waals surface area contributed by atoms with Crippen molar-refractivity contribution < 1.29 is 9.47 Å². The molecule has 114 valence electrons. The lowest BCUT2D eigenvalue weighted by molar-refractivity contribution is 0.303. The molecule has 1 N–H and O–H groups in total. The van der Waals surface area contributed by atoms with E-state index in [1.54, 1.807) is 11.3 Å². The van der Waals surface area contributed by atoms with Crippen molar-refractivity contribution in [2.24, 2.45) is 0 Å². The van der Waals surface area contributed by atoms with Gasteiger partial charge in [-0.05, 0) is 49.1 Å². The molecule has 0 aliphatic carbocycles. The molecule has 0 aliphatic rings. The molecule has 1 heterocycles. The third kappa shape index (κ3) is 5.40. The molecule has 0 radical (unpaired) electrons. The molecule has 0 amide bonds. The highest BCUT2D eigenvalue weighted by atomic mass is 32.1. The lowest BCUT2D eigenvalue weighted by Crippen LogP contribution is -2.23. The Kier molecular flexibility index (Phi) is 6.57. The third-order valence-electron chi connectivity index (χ3n) is 3.09. The molecule has 0 bridgehead atoms. The highest BCUT2D eigenvalue weighted by Crippen LogP contribution is 2.19. The van der Waals surface area contributed by atoms with Crippen LogP contribution < -0.4 is 14.8 Å². The number of benzene rings is 1. The summed E-state index contributed by atoms with van der Waals surface area (Å²) in [4.78, 5) is 1.35. The molecule has 1 aromatic heterocycles. The molecule has 21 heavy (non-hydrogen) atoms. The molecular formula is C17H23NO2S. The van der Waals surface area contributed by atoms with Crippen molar-refractivity contribution in [2.45, 2.75) is 26.3 Å². The molecule has 1 aromatic carbocycles. The molecule has 0 fully saturated rings. The molecule has 0 aliphatic heterocycles. The lowest BCUT2D eigenvalue weighted by Gasteiger charge is -2.13. The van der Waals surface area contributed by atoms with Gasteiger partial charge < -0.3 is 14.8 Å². The van der Waals surface area contributed by atoms with Gasteiger partial charge in [-0.25, -0.2) is 0 Å². The van der Waals surface area contributed by atoms with Crippen molar-refractivity contribution in [1.29, 1.82) is 0 Å². The molecule has 0 saturated heterocycles. The first-order valence-corrected chi connectivity index (χ1v) is 8.30. The topological polar surface area (TPSA) is 30.5 Å². The Morgan fingerprint density at radius 1 is 1.05 bits per heavy atom. The van der Waals surface area contributed by atoms with Crippen LogP contribution in [-0.2, 0) is 0 Å². The van der Waals surface area contributed by atoms with E-state index in [1.807, 2.05) is 24.3 Å². The lowest BCUT2D eigenvalue weighted by atomic mass is 10.3. The average Bonchev–Trinajstić information content (AvgIpc) is 3.05. The first-order chi connectivity index (χ1) is 10.3. The molecular weight excluding hydrogens is 282 g/mol. The van der Waals surface area contributed by atoms with Crippen LogP contribution in [-0.4, -0.2) is 19.8 Å². The van der Waals surface area contributed by atoms with Gasteiger partial charge in [-0.15, -0.1) is 11.3 Å². The van der Waals surface area contributed by atoms with Crippen molar-refractivity contribution >= 4 is 11.3 Å². The highest BCUT2D eigenvalue weighted by Gasteiger charge is 2.04. The van der Waals surface area contributed by atoms with Crippen LogP contribution in [0.4, 0.5) is 0 Å². The van der Waals surface area contributed by atoms with Gasteiger partial charge in [0.25, 0.3) is 0 Å². The van der Waals surface area contributed by atoms with E-state index in [1.165, 1.54) is 4.88 Å². The predicted molar refractivity (Wildman–Crippen MR) is 88.5 cm³/mol. The largest absolute Gasteiger partial charge is 0.494 e. The van der Waals surface area contributed by atoms with Gasteiger partial charge in [0.05, 0.1) is 6.61 Å². The summed E-state index contributed by atoms with van der Waals surface area (Å²) < 4.78 is 11.3. The van der Waals surface area contributed by atoms with Crippen LogP contribution in [0, 0.1) is 0 Å². The summed E-state index contributed by atoms with van der Waals surface area (Å²) in [6, 6.07) is 12.4. The van der Waals surface area contributed by atoms with Crippen molar-refractivity contribution in [3.05, 3.63) is 46.7 Å². The van der Waals surface area contributed by atoms with Gasteiger partial charge in [-0.2, -0.15) is 0 Å². The molecule has 2 rings (SSSR count). The maximum Gasteiger partial charge on any atom is 0.119 e. The summed E-state index contributed by atoms with van der Waals surface area (Å²) in [6.45, 7) is 6.51. The number of hydrogen-bond donors (Lipinski definition) is 1. The monoisotopic (exact) mass is 305 g/mol. The van der Waals surface area contributed by atoms with E-state index in [4.69, 9.17) is 9.47 Å². The van der Waals surface area contributed by atoms with Gasteiger partial charge in [0.2, 0.25) is 0 Å². The Labute approximate surface area is 130 Å². The van der Waals surface area contributed by atoms with E-state index < -0.39 is 0 Å². The molecule has 0 spiro atoms. The minimum atomic E-state index is 0.374. The standard InChI is InChI=1S/C17H23NO2S/c1-3-11-19-15-6-8-16(9-7-15)20-12-10-18-14(2)17-5-4-13-21-17/h4-9,13-14,18H,3,10-12H2,1-2H3. The van der Waals surface area contributed by atoms with Crippen molar-refractivity contribution in [2.75, 3.05) is 19.8 Å². The van der Waals surface area contributed by atoms with Gasteiger partial charge in [0.1, 0.15) is 18.1 Å². The van der Waals surface area contributed by atoms with Gasteiger partial charge in [-0.3, -0.25) is 0 Å². The number of thiophene rings is 1. The van der Waals surface area contributed by atoms with Gasteiger partial charge in [0, 0.05) is 17.5 Å². The van der Waals surface area contributed by atoms with E-state index in [0.717, 1.165) is 31.1 Å². The van der Waals surface area contributed by atoms with E-state index >= 15 is 0 Å². The fourth-order valence-corrected chi connectivity index (χ4v) is 2.69. The van der Waals surface area contributed by atoms with Crippen molar-refractivity contribution in [3.8, 4) is 11.5 Å². The van der Waals surface area contributed by atoms with E-state index in [0.29, 0.717) is 12.6 Å². The van der Waals surface area contributed by atoms with Crippen molar-refractivity contribution in [3.63, 3.8) is 0 Å². The maximum absolute atomic E-state index is 5.72. The highest BCUT2D eigenvalue weighted by molar-refractivity contribution is 7.10. The van der Waals surface area contributed by atoms with E-state index in [-0.39, 0.29) is 0 Å². The maximum atomic E-state index is 5.72. The smallest absolute Gasteiger partial charge is 0.119 e. The molecule has 1 unspecified atom stereocenters. The first kappa shape index (κ1) is 15.9. The van der Waals surface area contributed by atoms with Crippen LogP contribution >= 0.6 is 11.3 Å². The predicted octanol–water partition coefficient (Wildman–Crippen LogP) is 4.27. The summed E-state index contributed by atoms with van der Waals surface area (Å²) in [5, 5.41) is 5.56. The Bertz CT molecular complexity index is 496. The summed E-state index contributed by atoms with van der Waals surface area (Å²) in [7, 11) is 0. The summed E-state index contributed by atoms with van der Waals surface area (Å²) in [6.07, 6.45) is 1.02. The first-order valence-electron chi connectivity index (χ1n) is 7.42. The quantitative estimate of drug-likeness (QED) is 0.702. The Hall–Kier alpha value is -1.52. The van der Waals surface area contributed by atoms with Crippen LogP contribution in [0.25, 0.3) is 0 Å². The third-order valence-corrected chi connectivity index (χ3v) is 4.14. The van der Waals surface area contributed by atoms with Crippen LogP contribution in [0.3, 0.4) is 0 Å². The number of hydrogen-bond acceptors (Lipinski definition) is 4. The Morgan fingerprint density at radius 3 is 2.29 bits per heavy atom. The summed E-state index contributed by atoms with van der Waals surface area (Å²) in [5.74, 6) is 1.78. The molecule has 2 aromatic rings. The van der Waals surface area contributed by atoms with Crippen LogP contribution in [0.1, 0.15) is 31.2 Å². The zero-order valence-corrected chi connectivity index (χ0v) is 13.5. The average molecular weight is 305 g/mol. The SMILES string of the molecule is CCCOc1ccc(OCCNC(C)c2cccs2)cc1. The molecule has 4 heteroatoms. The minimum Gasteiger partial charge on any atom is -0.494 e. The fraction of sp³-hybridized carbons (Fsp3) is 0.412. The normalized spacial score (nSPS) is 12.1. The zero-order chi connectivity index (χ0) is 14.9.